The monoisotopic (exact) mass is 215 g/mol. The Balaban J connectivity index is 1.84. The first-order valence-electron chi connectivity index (χ1n) is 5.36. The molecule has 2 fully saturated rings. The summed E-state index contributed by atoms with van der Waals surface area (Å²) in [6.45, 7) is 1.47. The summed E-state index contributed by atoms with van der Waals surface area (Å²) in [5.41, 5.74) is 0. The van der Waals surface area contributed by atoms with Crippen LogP contribution in [-0.2, 0) is 14.3 Å². The van der Waals surface area contributed by atoms with Crippen LogP contribution in [0.15, 0.2) is 0 Å². The number of rotatable bonds is 3. The second-order valence-corrected chi connectivity index (χ2v) is 4.25. The molecule has 3 unspecified atom stereocenters. The number of likely N-dealkylation sites (tertiary alicyclic amines) is 1. The normalized spacial score (nSPS) is 37.3. The van der Waals surface area contributed by atoms with Crippen molar-refractivity contribution in [1.82, 2.24) is 4.90 Å². The van der Waals surface area contributed by atoms with E-state index in [4.69, 9.17) is 14.6 Å². The highest BCUT2D eigenvalue weighted by Gasteiger charge is 2.37. The molecule has 0 spiro atoms. The molecular weight excluding hydrogens is 198 g/mol. The van der Waals surface area contributed by atoms with Crippen molar-refractivity contribution in [2.24, 2.45) is 0 Å². The molecule has 0 aromatic heterocycles. The van der Waals surface area contributed by atoms with Crippen LogP contribution in [0, 0.1) is 0 Å². The molecule has 0 saturated carbocycles. The summed E-state index contributed by atoms with van der Waals surface area (Å²) in [6, 6.07) is 0.295. The molecule has 2 aliphatic heterocycles. The molecule has 2 aliphatic rings. The van der Waals surface area contributed by atoms with Gasteiger partial charge in [0.05, 0.1) is 25.2 Å². The van der Waals surface area contributed by atoms with Crippen LogP contribution in [0.3, 0.4) is 0 Å². The third-order valence-electron chi connectivity index (χ3n) is 3.07. The number of aliphatic carboxylic acids is 1. The van der Waals surface area contributed by atoms with Crippen LogP contribution in [0.1, 0.15) is 19.3 Å². The quantitative estimate of drug-likeness (QED) is 0.733. The Morgan fingerprint density at radius 2 is 2.40 bits per heavy atom. The Hall–Kier alpha value is -0.650. The van der Waals surface area contributed by atoms with Gasteiger partial charge in [0.1, 0.15) is 0 Å². The number of carbonyl (C=O) groups is 1. The predicted molar refractivity (Wildman–Crippen MR) is 52.5 cm³/mol. The Morgan fingerprint density at radius 1 is 1.60 bits per heavy atom. The molecule has 86 valence electrons. The lowest BCUT2D eigenvalue weighted by Gasteiger charge is -2.24. The number of likely N-dealkylation sites (N-methyl/N-ethyl adjacent to an activating group) is 1. The molecule has 2 heterocycles. The van der Waals surface area contributed by atoms with Crippen LogP contribution < -0.4 is 0 Å². The number of carboxylic acids is 1. The Kier molecular flexibility index (Phi) is 3.23. The average molecular weight is 215 g/mol. The van der Waals surface area contributed by atoms with Crippen LogP contribution in [0.25, 0.3) is 0 Å². The molecule has 2 saturated heterocycles. The summed E-state index contributed by atoms with van der Waals surface area (Å²) in [4.78, 5) is 12.7. The van der Waals surface area contributed by atoms with Crippen molar-refractivity contribution in [2.45, 2.75) is 37.7 Å². The number of ether oxygens (including phenoxy) is 2. The SMILES string of the molecule is CN1CCCC1C1OCC(CC(=O)O)O1. The summed E-state index contributed by atoms with van der Waals surface area (Å²) in [5, 5.41) is 8.63. The fourth-order valence-electron chi connectivity index (χ4n) is 2.25. The van der Waals surface area contributed by atoms with Crippen molar-refractivity contribution < 1.29 is 19.4 Å². The highest BCUT2D eigenvalue weighted by Crippen LogP contribution is 2.26. The predicted octanol–water partition coefficient (Wildman–Crippen LogP) is 0.297. The first kappa shape index (κ1) is 10.9. The largest absolute Gasteiger partial charge is 0.481 e. The van der Waals surface area contributed by atoms with Gasteiger partial charge in [-0.15, -0.1) is 0 Å². The average Bonchev–Trinajstić information content (AvgIpc) is 2.72. The summed E-state index contributed by atoms with van der Waals surface area (Å²) >= 11 is 0. The molecule has 3 atom stereocenters. The molecule has 0 radical (unpaired) electrons. The topological polar surface area (TPSA) is 59.0 Å². The van der Waals surface area contributed by atoms with Crippen molar-refractivity contribution in [3.05, 3.63) is 0 Å². The molecule has 2 rings (SSSR count). The molecule has 15 heavy (non-hydrogen) atoms. The summed E-state index contributed by atoms with van der Waals surface area (Å²) in [7, 11) is 2.05. The Bertz CT molecular complexity index is 246. The van der Waals surface area contributed by atoms with E-state index in [0.29, 0.717) is 12.6 Å². The molecule has 0 bridgehead atoms. The molecule has 0 aromatic carbocycles. The lowest BCUT2D eigenvalue weighted by atomic mass is 10.2. The second kappa shape index (κ2) is 4.47. The molecule has 0 amide bonds. The highest BCUT2D eigenvalue weighted by molar-refractivity contribution is 5.67. The third-order valence-corrected chi connectivity index (χ3v) is 3.07. The summed E-state index contributed by atoms with van der Waals surface area (Å²) in [6.07, 6.45) is 1.75. The second-order valence-electron chi connectivity index (χ2n) is 4.25. The fourth-order valence-corrected chi connectivity index (χ4v) is 2.25. The lowest BCUT2D eigenvalue weighted by Crippen LogP contribution is -2.37. The number of hydrogen-bond donors (Lipinski definition) is 1. The van der Waals surface area contributed by atoms with Crippen molar-refractivity contribution >= 4 is 5.97 Å². The third kappa shape index (κ3) is 2.48. The minimum absolute atomic E-state index is 0.0347. The zero-order valence-corrected chi connectivity index (χ0v) is 8.89. The van der Waals surface area contributed by atoms with E-state index < -0.39 is 5.97 Å². The first-order chi connectivity index (χ1) is 7.16. The number of carboxylic acid groups (broad SMARTS) is 1. The Labute approximate surface area is 89.0 Å². The first-order valence-corrected chi connectivity index (χ1v) is 5.36. The molecule has 1 N–H and O–H groups in total. The maximum absolute atomic E-state index is 10.5. The van der Waals surface area contributed by atoms with Gasteiger partial charge < -0.3 is 14.6 Å². The van der Waals surface area contributed by atoms with E-state index in [1.807, 2.05) is 0 Å². The number of hydrogen-bond acceptors (Lipinski definition) is 4. The van der Waals surface area contributed by atoms with Crippen LogP contribution in [0.5, 0.6) is 0 Å². The fraction of sp³-hybridized carbons (Fsp3) is 0.900. The lowest BCUT2D eigenvalue weighted by molar-refractivity contribution is -0.141. The Morgan fingerprint density at radius 3 is 3.00 bits per heavy atom. The van der Waals surface area contributed by atoms with E-state index in [0.717, 1.165) is 19.4 Å². The van der Waals surface area contributed by atoms with Crippen molar-refractivity contribution in [2.75, 3.05) is 20.2 Å². The maximum atomic E-state index is 10.5. The number of nitrogens with zero attached hydrogens (tertiary/aromatic N) is 1. The zero-order chi connectivity index (χ0) is 10.8. The van der Waals surface area contributed by atoms with Gasteiger partial charge in [0, 0.05) is 0 Å². The van der Waals surface area contributed by atoms with Gasteiger partial charge in [-0.25, -0.2) is 0 Å². The van der Waals surface area contributed by atoms with E-state index in [1.165, 1.54) is 0 Å². The molecule has 5 nitrogen and oxygen atoms in total. The van der Waals surface area contributed by atoms with E-state index >= 15 is 0 Å². The van der Waals surface area contributed by atoms with Crippen LogP contribution in [0.2, 0.25) is 0 Å². The van der Waals surface area contributed by atoms with E-state index in [9.17, 15) is 4.79 Å². The van der Waals surface area contributed by atoms with Gasteiger partial charge >= 0.3 is 5.97 Å². The molecule has 0 aromatic rings. The molecule has 0 aliphatic carbocycles. The van der Waals surface area contributed by atoms with E-state index in [-0.39, 0.29) is 18.8 Å². The van der Waals surface area contributed by atoms with E-state index in [2.05, 4.69) is 11.9 Å². The van der Waals surface area contributed by atoms with Gasteiger partial charge in [-0.3, -0.25) is 9.69 Å². The van der Waals surface area contributed by atoms with Crippen LogP contribution >= 0.6 is 0 Å². The van der Waals surface area contributed by atoms with Crippen LogP contribution in [0.4, 0.5) is 0 Å². The van der Waals surface area contributed by atoms with Crippen molar-refractivity contribution in [3.8, 4) is 0 Å². The minimum Gasteiger partial charge on any atom is -0.481 e. The smallest absolute Gasteiger partial charge is 0.306 e. The van der Waals surface area contributed by atoms with Gasteiger partial charge in [0.2, 0.25) is 0 Å². The van der Waals surface area contributed by atoms with Gasteiger partial charge in [0.15, 0.2) is 6.29 Å². The maximum Gasteiger partial charge on any atom is 0.306 e. The van der Waals surface area contributed by atoms with Crippen LogP contribution in [-0.4, -0.2) is 54.6 Å². The summed E-state index contributed by atoms with van der Waals surface area (Å²) in [5.74, 6) is -0.830. The standard InChI is InChI=1S/C10H17NO4/c1-11-4-2-3-8(11)10-14-6-7(15-10)5-9(12)13/h7-8,10H,2-6H2,1H3,(H,12,13). The highest BCUT2D eigenvalue weighted by atomic mass is 16.7. The van der Waals surface area contributed by atoms with E-state index in [1.54, 1.807) is 0 Å². The van der Waals surface area contributed by atoms with Gasteiger partial charge in [0.25, 0.3) is 0 Å². The zero-order valence-electron chi connectivity index (χ0n) is 8.89. The molecule has 5 heteroatoms. The van der Waals surface area contributed by atoms with Crippen molar-refractivity contribution in [1.29, 1.82) is 0 Å². The van der Waals surface area contributed by atoms with Gasteiger partial charge in [-0.05, 0) is 26.4 Å². The van der Waals surface area contributed by atoms with Crippen molar-refractivity contribution in [3.63, 3.8) is 0 Å². The van der Waals surface area contributed by atoms with Gasteiger partial charge in [-0.1, -0.05) is 0 Å². The molecular formula is C10H17NO4. The summed E-state index contributed by atoms with van der Waals surface area (Å²) < 4.78 is 11.1. The van der Waals surface area contributed by atoms with Gasteiger partial charge in [-0.2, -0.15) is 0 Å². The minimum atomic E-state index is -0.830.